The Morgan fingerprint density at radius 1 is 1.03 bits per heavy atom. The average molecular weight is 532 g/mol. The number of aryl methyl sites for hydroxylation is 1. The number of thiazole rings is 1. The third-order valence-corrected chi connectivity index (χ3v) is 6.78. The van der Waals surface area contributed by atoms with E-state index in [0.717, 1.165) is 16.3 Å². The number of nitrogens with zero attached hydrogens (tertiary/aromatic N) is 3. The maximum Gasteiger partial charge on any atom is 0.322 e. The second-order valence-electron chi connectivity index (χ2n) is 8.53. The minimum atomic E-state index is -0.312. The fourth-order valence-electron chi connectivity index (χ4n) is 3.60. The molecule has 3 heterocycles. The number of anilines is 4. The highest BCUT2D eigenvalue weighted by Gasteiger charge is 2.26. The number of nitrogens with one attached hydrogen (secondary N) is 2. The van der Waals surface area contributed by atoms with Gasteiger partial charge in [-0.05, 0) is 37.3 Å². The third kappa shape index (κ3) is 6.77. The highest BCUT2D eigenvalue weighted by molar-refractivity contribution is 7.13. The number of hydrogen-bond donors (Lipinski definition) is 4. The molecule has 0 radical (unpaired) electrons. The summed E-state index contributed by atoms with van der Waals surface area (Å²) in [6.45, 7) is 2.95. The van der Waals surface area contributed by atoms with Crippen molar-refractivity contribution >= 4 is 46.0 Å². The minimum Gasteiger partial charge on any atom is -0.481 e. The SMILES string of the molecule is COc1ccc(NC(=O)N2CCc3nc(C(=O)Nc4ccccc4N)sc3C2)cn1.Cc1ccc(N)cc1. The predicted molar refractivity (Wildman–Crippen MR) is 150 cm³/mol. The fraction of sp³-hybridized carbons (Fsp3) is 0.185. The third-order valence-electron chi connectivity index (χ3n) is 5.70. The second-order valence-corrected chi connectivity index (χ2v) is 9.62. The molecule has 1 aliphatic heterocycles. The van der Waals surface area contributed by atoms with Crippen LogP contribution in [0, 0.1) is 6.92 Å². The molecule has 0 aliphatic carbocycles. The molecule has 0 atom stereocenters. The average Bonchev–Trinajstić information content (AvgIpc) is 3.36. The normalized spacial score (nSPS) is 12.0. The van der Waals surface area contributed by atoms with Gasteiger partial charge in [-0.1, -0.05) is 29.8 Å². The number of nitrogen functional groups attached to an aromatic ring is 2. The van der Waals surface area contributed by atoms with Gasteiger partial charge in [0.05, 0.1) is 42.6 Å². The van der Waals surface area contributed by atoms with Crippen molar-refractivity contribution in [2.75, 3.05) is 35.8 Å². The molecule has 10 nitrogen and oxygen atoms in total. The van der Waals surface area contributed by atoms with Gasteiger partial charge < -0.3 is 31.7 Å². The topological polar surface area (TPSA) is 148 Å². The molecule has 2 aromatic heterocycles. The highest BCUT2D eigenvalue weighted by Crippen LogP contribution is 2.27. The summed E-state index contributed by atoms with van der Waals surface area (Å²) >= 11 is 1.29. The molecule has 196 valence electrons. The first-order valence-electron chi connectivity index (χ1n) is 11.8. The number of benzene rings is 2. The second kappa shape index (κ2) is 12.1. The number of carbonyl (C=O) groups is 2. The molecule has 1 aliphatic rings. The summed E-state index contributed by atoms with van der Waals surface area (Å²) in [5.41, 5.74) is 15.8. The Balaban J connectivity index is 0.000000360. The number of rotatable bonds is 4. The Labute approximate surface area is 224 Å². The minimum absolute atomic E-state index is 0.232. The van der Waals surface area contributed by atoms with Crippen LogP contribution in [0.3, 0.4) is 0 Å². The molecule has 0 fully saturated rings. The van der Waals surface area contributed by atoms with Crippen molar-refractivity contribution in [3.05, 3.63) is 88.0 Å². The summed E-state index contributed by atoms with van der Waals surface area (Å²) in [5, 5.41) is 5.96. The quantitative estimate of drug-likeness (QED) is 0.282. The van der Waals surface area contributed by atoms with Crippen LogP contribution >= 0.6 is 11.3 Å². The lowest BCUT2D eigenvalue weighted by Crippen LogP contribution is -2.38. The zero-order valence-electron chi connectivity index (χ0n) is 21.1. The molecule has 38 heavy (non-hydrogen) atoms. The van der Waals surface area contributed by atoms with Gasteiger partial charge in [0.15, 0.2) is 5.01 Å². The van der Waals surface area contributed by atoms with Crippen molar-refractivity contribution < 1.29 is 14.3 Å². The molecule has 2 aromatic carbocycles. The maximum absolute atomic E-state index is 12.6. The lowest BCUT2D eigenvalue weighted by Gasteiger charge is -2.26. The Morgan fingerprint density at radius 3 is 2.45 bits per heavy atom. The van der Waals surface area contributed by atoms with E-state index in [0.29, 0.717) is 47.5 Å². The van der Waals surface area contributed by atoms with Crippen LogP contribution < -0.4 is 26.8 Å². The van der Waals surface area contributed by atoms with Gasteiger partial charge in [0.2, 0.25) is 5.88 Å². The van der Waals surface area contributed by atoms with E-state index in [1.807, 2.05) is 31.2 Å². The number of ether oxygens (including phenoxy) is 1. The Bertz CT molecular complexity index is 1380. The lowest BCUT2D eigenvalue weighted by molar-refractivity contribution is 0.102. The summed E-state index contributed by atoms with van der Waals surface area (Å²) < 4.78 is 5.02. The number of fused-ring (bicyclic) bond motifs is 1. The van der Waals surface area contributed by atoms with Crippen LogP contribution in [-0.2, 0) is 13.0 Å². The van der Waals surface area contributed by atoms with Crippen LogP contribution in [0.1, 0.15) is 25.9 Å². The van der Waals surface area contributed by atoms with Crippen molar-refractivity contribution in [3.8, 4) is 5.88 Å². The first-order chi connectivity index (χ1) is 18.3. The summed E-state index contributed by atoms with van der Waals surface area (Å²) in [6.07, 6.45) is 2.12. The first kappa shape index (κ1) is 26.4. The number of nitrogens with two attached hydrogens (primary N) is 2. The molecule has 5 rings (SSSR count). The number of amides is 3. The van der Waals surface area contributed by atoms with Gasteiger partial charge in [-0.15, -0.1) is 11.3 Å². The van der Waals surface area contributed by atoms with E-state index in [1.165, 1.54) is 30.2 Å². The standard InChI is InChI=1S/C20H20N6O3S.C7H9N/c1-29-17-7-6-12(10-22-17)23-20(28)26-9-8-15-16(11-26)30-19(25-15)18(27)24-14-5-3-2-4-13(14)21;1-6-2-4-7(8)5-3-6/h2-7,10H,8-9,11,21H2,1H3,(H,23,28)(H,24,27);2-5H,8H2,1H3. The van der Waals surface area contributed by atoms with Crippen LogP contribution in [0.4, 0.5) is 27.5 Å². The summed E-state index contributed by atoms with van der Waals surface area (Å²) in [6, 6.07) is 18.0. The van der Waals surface area contributed by atoms with E-state index in [-0.39, 0.29) is 11.9 Å². The number of pyridine rings is 1. The number of aromatic nitrogens is 2. The Morgan fingerprint density at radius 2 is 1.79 bits per heavy atom. The van der Waals surface area contributed by atoms with Crippen molar-refractivity contribution in [1.82, 2.24) is 14.9 Å². The van der Waals surface area contributed by atoms with Gasteiger partial charge in [-0.25, -0.2) is 14.8 Å². The van der Waals surface area contributed by atoms with Gasteiger partial charge in [0, 0.05) is 29.6 Å². The summed E-state index contributed by atoms with van der Waals surface area (Å²) in [4.78, 5) is 36.3. The van der Waals surface area contributed by atoms with Crippen molar-refractivity contribution in [2.24, 2.45) is 0 Å². The smallest absolute Gasteiger partial charge is 0.322 e. The number of hydrogen-bond acceptors (Lipinski definition) is 8. The zero-order valence-corrected chi connectivity index (χ0v) is 21.9. The predicted octanol–water partition coefficient (Wildman–Crippen LogP) is 4.55. The van der Waals surface area contributed by atoms with Crippen molar-refractivity contribution in [1.29, 1.82) is 0 Å². The number of urea groups is 1. The fourth-order valence-corrected chi connectivity index (χ4v) is 4.62. The van der Waals surface area contributed by atoms with E-state index in [2.05, 4.69) is 20.6 Å². The van der Waals surface area contributed by atoms with Crippen LogP contribution in [-0.4, -0.2) is 40.5 Å². The van der Waals surface area contributed by atoms with Gasteiger partial charge >= 0.3 is 6.03 Å². The molecule has 0 unspecified atom stereocenters. The van der Waals surface area contributed by atoms with Crippen LogP contribution in [0.15, 0.2) is 66.9 Å². The van der Waals surface area contributed by atoms with E-state index in [9.17, 15) is 9.59 Å². The molecule has 6 N–H and O–H groups in total. The highest BCUT2D eigenvalue weighted by atomic mass is 32.1. The first-order valence-corrected chi connectivity index (χ1v) is 12.7. The Kier molecular flexibility index (Phi) is 8.39. The van der Waals surface area contributed by atoms with Crippen molar-refractivity contribution in [2.45, 2.75) is 19.9 Å². The molecule has 11 heteroatoms. The molecule has 3 amide bonds. The number of methoxy groups -OCH3 is 1. The molecule has 0 spiro atoms. The molecular weight excluding hydrogens is 502 g/mol. The number of para-hydroxylation sites is 2. The van der Waals surface area contributed by atoms with Crippen molar-refractivity contribution in [3.63, 3.8) is 0 Å². The Hall–Kier alpha value is -4.64. The van der Waals surface area contributed by atoms with Gasteiger partial charge in [0.25, 0.3) is 5.91 Å². The molecule has 4 aromatic rings. The molecular formula is C27H29N7O3S. The number of carbonyl (C=O) groups excluding carboxylic acids is 2. The van der Waals surface area contributed by atoms with Crippen LogP contribution in [0.2, 0.25) is 0 Å². The maximum atomic E-state index is 12.6. The van der Waals surface area contributed by atoms with E-state index in [1.54, 1.807) is 41.3 Å². The van der Waals surface area contributed by atoms with E-state index in [4.69, 9.17) is 16.2 Å². The monoisotopic (exact) mass is 531 g/mol. The van der Waals surface area contributed by atoms with E-state index < -0.39 is 0 Å². The molecule has 0 bridgehead atoms. The van der Waals surface area contributed by atoms with Crippen LogP contribution in [0.25, 0.3) is 0 Å². The molecule has 0 saturated heterocycles. The van der Waals surface area contributed by atoms with Gasteiger partial charge in [0.1, 0.15) is 0 Å². The summed E-state index contributed by atoms with van der Waals surface area (Å²) in [5.74, 6) is 0.163. The van der Waals surface area contributed by atoms with E-state index >= 15 is 0 Å². The summed E-state index contributed by atoms with van der Waals surface area (Å²) in [7, 11) is 1.53. The van der Waals surface area contributed by atoms with Crippen LogP contribution in [0.5, 0.6) is 5.88 Å². The molecule has 0 saturated carbocycles. The van der Waals surface area contributed by atoms with Gasteiger partial charge in [-0.3, -0.25) is 4.79 Å². The zero-order chi connectivity index (χ0) is 27.1. The lowest BCUT2D eigenvalue weighted by atomic mass is 10.2. The largest absolute Gasteiger partial charge is 0.481 e. The van der Waals surface area contributed by atoms with Gasteiger partial charge in [-0.2, -0.15) is 0 Å².